The third kappa shape index (κ3) is 5.58. The topological polar surface area (TPSA) is 111 Å². The Morgan fingerprint density at radius 2 is 2.12 bits per heavy atom. The maximum absolute atomic E-state index is 11.6. The number of anilines is 2. The first-order valence-electron chi connectivity index (χ1n) is 7.19. The number of amides is 1. The van der Waals surface area contributed by atoms with Gasteiger partial charge in [0.2, 0.25) is 0 Å². The molecule has 2 aromatic rings. The minimum atomic E-state index is -0.359. The number of methoxy groups -OCH3 is 1. The van der Waals surface area contributed by atoms with Gasteiger partial charge >= 0.3 is 0 Å². The molecule has 0 saturated heterocycles. The standard InChI is InChI=1S/C16H19N5O3/c1-23-13-6-4-12(5-7-13)10-24-21-15(22)3-2-8-19-14-9-18-11-20-16(14)17/h2-7,9,11,19H,8,10H2,1H3,(H,21,22)(H2,17,18,20)/b3-2+. The maximum Gasteiger partial charge on any atom is 0.267 e. The monoisotopic (exact) mass is 329 g/mol. The van der Waals surface area contributed by atoms with Crippen LogP contribution in [0.4, 0.5) is 11.5 Å². The fourth-order valence-electron chi connectivity index (χ4n) is 1.76. The number of nitrogen functional groups attached to an aromatic ring is 1. The van der Waals surface area contributed by atoms with Crippen LogP contribution in [0.15, 0.2) is 48.9 Å². The summed E-state index contributed by atoms with van der Waals surface area (Å²) in [5.41, 5.74) is 9.52. The fraction of sp³-hybridized carbons (Fsp3) is 0.188. The second kappa shape index (κ2) is 9.11. The van der Waals surface area contributed by atoms with Gasteiger partial charge in [-0.1, -0.05) is 18.2 Å². The number of carbonyl (C=O) groups excluding carboxylic acids is 1. The van der Waals surface area contributed by atoms with Gasteiger partial charge in [-0.2, -0.15) is 0 Å². The number of hydrogen-bond acceptors (Lipinski definition) is 7. The van der Waals surface area contributed by atoms with Gasteiger partial charge in [0.15, 0.2) is 0 Å². The number of hydrogen-bond donors (Lipinski definition) is 3. The molecule has 1 aromatic carbocycles. The second-order valence-electron chi connectivity index (χ2n) is 4.71. The van der Waals surface area contributed by atoms with Crippen molar-refractivity contribution in [2.75, 3.05) is 24.7 Å². The second-order valence-corrected chi connectivity index (χ2v) is 4.71. The van der Waals surface area contributed by atoms with Crippen molar-refractivity contribution in [2.24, 2.45) is 0 Å². The van der Waals surface area contributed by atoms with Crippen LogP contribution in [0.25, 0.3) is 0 Å². The number of nitrogens with one attached hydrogen (secondary N) is 2. The number of rotatable bonds is 8. The minimum absolute atomic E-state index is 0.264. The summed E-state index contributed by atoms with van der Waals surface area (Å²) in [6.07, 6.45) is 5.93. The van der Waals surface area contributed by atoms with Crippen molar-refractivity contribution in [3.8, 4) is 5.75 Å². The van der Waals surface area contributed by atoms with Gasteiger partial charge in [-0.25, -0.2) is 15.4 Å². The van der Waals surface area contributed by atoms with Crippen LogP contribution in [-0.4, -0.2) is 29.5 Å². The number of nitrogens with two attached hydrogens (primary N) is 1. The fourth-order valence-corrected chi connectivity index (χ4v) is 1.76. The zero-order valence-electron chi connectivity index (χ0n) is 13.2. The molecule has 126 valence electrons. The van der Waals surface area contributed by atoms with Gasteiger partial charge < -0.3 is 15.8 Å². The summed E-state index contributed by atoms with van der Waals surface area (Å²) in [5.74, 6) is 0.760. The molecular formula is C16H19N5O3. The highest BCUT2D eigenvalue weighted by molar-refractivity contribution is 5.86. The molecule has 8 heteroatoms. The molecule has 0 radical (unpaired) electrons. The van der Waals surface area contributed by atoms with Crippen LogP contribution >= 0.6 is 0 Å². The lowest BCUT2D eigenvalue weighted by molar-refractivity contribution is -0.129. The molecule has 0 aliphatic carbocycles. The van der Waals surface area contributed by atoms with Crippen LogP contribution in [0.5, 0.6) is 5.75 Å². The third-order valence-corrected chi connectivity index (χ3v) is 2.99. The quantitative estimate of drug-likeness (QED) is 0.494. The average Bonchev–Trinajstić information content (AvgIpc) is 2.61. The number of hydroxylamine groups is 1. The van der Waals surface area contributed by atoms with Crippen molar-refractivity contribution in [3.05, 3.63) is 54.5 Å². The molecule has 0 aliphatic rings. The highest BCUT2D eigenvalue weighted by Crippen LogP contribution is 2.12. The van der Waals surface area contributed by atoms with E-state index in [0.717, 1.165) is 11.3 Å². The maximum atomic E-state index is 11.6. The summed E-state index contributed by atoms with van der Waals surface area (Å²) in [7, 11) is 1.60. The van der Waals surface area contributed by atoms with E-state index in [1.54, 1.807) is 19.4 Å². The molecule has 1 heterocycles. The first kappa shape index (κ1) is 17.2. The van der Waals surface area contributed by atoms with Crippen LogP contribution in [0, 0.1) is 0 Å². The number of benzene rings is 1. The van der Waals surface area contributed by atoms with Gasteiger partial charge in [0.1, 0.15) is 17.9 Å². The van der Waals surface area contributed by atoms with Crippen LogP contribution in [0.1, 0.15) is 5.56 Å². The molecule has 0 bridgehead atoms. The van der Waals surface area contributed by atoms with Gasteiger partial charge in [-0.3, -0.25) is 9.63 Å². The van der Waals surface area contributed by atoms with E-state index in [2.05, 4.69) is 20.8 Å². The van der Waals surface area contributed by atoms with Crippen molar-refractivity contribution in [2.45, 2.75) is 6.61 Å². The Labute approximate surface area is 139 Å². The van der Waals surface area contributed by atoms with E-state index in [9.17, 15) is 4.79 Å². The van der Waals surface area contributed by atoms with Gasteiger partial charge in [-0.15, -0.1) is 0 Å². The molecule has 0 unspecified atom stereocenters. The first-order valence-corrected chi connectivity index (χ1v) is 7.19. The molecule has 1 aromatic heterocycles. The van der Waals surface area contributed by atoms with Gasteiger partial charge in [0.05, 0.1) is 25.6 Å². The summed E-state index contributed by atoms with van der Waals surface area (Å²) < 4.78 is 5.06. The van der Waals surface area contributed by atoms with Crippen LogP contribution in [0.3, 0.4) is 0 Å². The SMILES string of the molecule is COc1ccc(CONC(=O)/C=C/CNc2cncnc2N)cc1. The van der Waals surface area contributed by atoms with E-state index < -0.39 is 0 Å². The van der Waals surface area contributed by atoms with Crippen LogP contribution in [-0.2, 0) is 16.2 Å². The van der Waals surface area contributed by atoms with Crippen LogP contribution < -0.4 is 21.3 Å². The number of carbonyl (C=O) groups is 1. The van der Waals surface area contributed by atoms with Crippen molar-refractivity contribution >= 4 is 17.4 Å². The van der Waals surface area contributed by atoms with Gasteiger partial charge in [-0.05, 0) is 17.7 Å². The van der Waals surface area contributed by atoms with E-state index >= 15 is 0 Å². The average molecular weight is 329 g/mol. The van der Waals surface area contributed by atoms with Crippen molar-refractivity contribution in [1.82, 2.24) is 15.4 Å². The molecule has 4 N–H and O–H groups in total. The number of nitrogens with zero attached hydrogens (tertiary/aromatic N) is 2. The van der Waals surface area contributed by atoms with E-state index in [-0.39, 0.29) is 12.5 Å². The lowest BCUT2D eigenvalue weighted by Crippen LogP contribution is -2.21. The number of ether oxygens (including phenoxy) is 1. The predicted molar refractivity (Wildman–Crippen MR) is 90.0 cm³/mol. The molecule has 1 amide bonds. The molecule has 0 atom stereocenters. The Morgan fingerprint density at radius 1 is 1.33 bits per heavy atom. The summed E-state index contributed by atoms with van der Waals surface area (Å²) in [6, 6.07) is 7.37. The van der Waals surface area contributed by atoms with Crippen molar-refractivity contribution in [3.63, 3.8) is 0 Å². The lowest BCUT2D eigenvalue weighted by Gasteiger charge is -2.05. The van der Waals surface area contributed by atoms with Crippen LogP contribution in [0.2, 0.25) is 0 Å². The first-order chi connectivity index (χ1) is 11.7. The largest absolute Gasteiger partial charge is 0.497 e. The smallest absolute Gasteiger partial charge is 0.267 e. The summed E-state index contributed by atoms with van der Waals surface area (Å²) in [4.78, 5) is 24.4. The molecule has 0 aliphatic heterocycles. The Kier molecular flexibility index (Phi) is 6.54. The zero-order valence-corrected chi connectivity index (χ0v) is 13.2. The Hall–Kier alpha value is -3.13. The highest BCUT2D eigenvalue weighted by Gasteiger charge is 1.99. The van der Waals surface area contributed by atoms with Gasteiger partial charge in [0.25, 0.3) is 5.91 Å². The predicted octanol–water partition coefficient (Wildman–Crippen LogP) is 1.28. The Balaban J connectivity index is 1.66. The molecule has 2 rings (SSSR count). The normalized spacial score (nSPS) is 10.5. The molecule has 0 saturated carbocycles. The minimum Gasteiger partial charge on any atom is -0.497 e. The summed E-state index contributed by atoms with van der Waals surface area (Å²) >= 11 is 0. The Bertz CT molecular complexity index is 688. The molecule has 0 fully saturated rings. The van der Waals surface area contributed by atoms with Crippen molar-refractivity contribution < 1.29 is 14.4 Å². The summed E-state index contributed by atoms with van der Waals surface area (Å²) in [5, 5.41) is 2.99. The molecule has 8 nitrogen and oxygen atoms in total. The number of aromatic nitrogens is 2. The molecule has 24 heavy (non-hydrogen) atoms. The van der Waals surface area contributed by atoms with Crippen molar-refractivity contribution in [1.29, 1.82) is 0 Å². The highest BCUT2D eigenvalue weighted by atomic mass is 16.6. The van der Waals surface area contributed by atoms with Gasteiger partial charge in [0, 0.05) is 12.6 Å². The van der Waals surface area contributed by atoms with E-state index in [4.69, 9.17) is 15.3 Å². The van der Waals surface area contributed by atoms with E-state index in [1.165, 1.54) is 12.4 Å². The zero-order chi connectivity index (χ0) is 17.2. The molecular weight excluding hydrogens is 310 g/mol. The van der Waals surface area contributed by atoms with E-state index in [1.807, 2.05) is 24.3 Å². The lowest BCUT2D eigenvalue weighted by atomic mass is 10.2. The molecule has 0 spiro atoms. The Morgan fingerprint density at radius 3 is 2.83 bits per heavy atom. The third-order valence-electron chi connectivity index (χ3n) is 2.99. The van der Waals surface area contributed by atoms with E-state index in [0.29, 0.717) is 18.1 Å². The summed E-state index contributed by atoms with van der Waals surface area (Å²) in [6.45, 7) is 0.670.